The number of carbonyl (C=O) groups excluding carboxylic acids is 1. The molecular weight excluding hydrogens is 341 g/mol. The van der Waals surface area contributed by atoms with Crippen molar-refractivity contribution in [3.05, 3.63) is 63.9 Å². The third kappa shape index (κ3) is 4.13. The second kappa shape index (κ2) is 7.44. The van der Waals surface area contributed by atoms with E-state index in [0.29, 0.717) is 18.7 Å². The van der Waals surface area contributed by atoms with Crippen molar-refractivity contribution in [2.45, 2.75) is 32.8 Å². The highest BCUT2D eigenvalue weighted by atomic mass is 35.5. The van der Waals surface area contributed by atoms with Crippen LogP contribution in [-0.4, -0.2) is 30.0 Å². The molecule has 0 spiro atoms. The fourth-order valence-electron chi connectivity index (χ4n) is 3.02. The van der Waals surface area contributed by atoms with E-state index >= 15 is 0 Å². The summed E-state index contributed by atoms with van der Waals surface area (Å²) in [6, 6.07) is 10.0. The largest absolute Gasteiger partial charge is 0.490 e. The molecule has 1 fully saturated rings. The maximum Gasteiger partial charge on any atom is 0.255 e. The first kappa shape index (κ1) is 17.7. The Bertz CT molecular complexity index is 785. The Morgan fingerprint density at radius 1 is 1.16 bits per heavy atom. The Kier molecular flexibility index (Phi) is 5.28. The number of halogens is 2. The number of ether oxygens (including phenoxy) is 1. The van der Waals surface area contributed by atoms with Gasteiger partial charge in [0.15, 0.2) is 0 Å². The van der Waals surface area contributed by atoms with E-state index in [4.69, 9.17) is 16.3 Å². The fraction of sp³-hybridized carbons (Fsp3) is 0.350. The van der Waals surface area contributed by atoms with Gasteiger partial charge in [-0.25, -0.2) is 4.39 Å². The Balaban J connectivity index is 1.61. The van der Waals surface area contributed by atoms with Gasteiger partial charge in [-0.3, -0.25) is 4.79 Å². The van der Waals surface area contributed by atoms with Crippen molar-refractivity contribution in [3.63, 3.8) is 0 Å². The number of likely N-dealkylation sites (tertiary alicyclic amines) is 1. The molecule has 0 N–H and O–H groups in total. The van der Waals surface area contributed by atoms with Crippen LogP contribution >= 0.6 is 11.6 Å². The van der Waals surface area contributed by atoms with Crippen LogP contribution < -0.4 is 4.74 Å². The molecule has 3 nitrogen and oxygen atoms in total. The lowest BCUT2D eigenvalue weighted by Gasteiger charge is -2.32. The summed E-state index contributed by atoms with van der Waals surface area (Å²) in [7, 11) is 0. The van der Waals surface area contributed by atoms with E-state index in [-0.39, 0.29) is 17.0 Å². The van der Waals surface area contributed by atoms with Crippen molar-refractivity contribution in [1.29, 1.82) is 0 Å². The van der Waals surface area contributed by atoms with Gasteiger partial charge in [0.25, 0.3) is 5.91 Å². The molecule has 5 heteroatoms. The molecule has 132 valence electrons. The highest BCUT2D eigenvalue weighted by molar-refractivity contribution is 6.33. The molecule has 2 aromatic carbocycles. The van der Waals surface area contributed by atoms with E-state index in [9.17, 15) is 9.18 Å². The van der Waals surface area contributed by atoms with Crippen LogP contribution in [0.5, 0.6) is 5.75 Å². The third-order valence-electron chi connectivity index (χ3n) is 4.53. The first-order chi connectivity index (χ1) is 11.9. The second-order valence-electron chi connectivity index (χ2n) is 6.50. The summed E-state index contributed by atoms with van der Waals surface area (Å²) in [5.74, 6) is 0.309. The Labute approximate surface area is 152 Å². The molecule has 0 unspecified atom stereocenters. The molecule has 0 bridgehead atoms. The van der Waals surface area contributed by atoms with Crippen molar-refractivity contribution in [3.8, 4) is 5.75 Å². The van der Waals surface area contributed by atoms with Crippen molar-refractivity contribution in [2.24, 2.45) is 0 Å². The fourth-order valence-corrected chi connectivity index (χ4v) is 3.27. The molecule has 0 aliphatic carbocycles. The monoisotopic (exact) mass is 361 g/mol. The predicted molar refractivity (Wildman–Crippen MR) is 96.9 cm³/mol. The van der Waals surface area contributed by atoms with Crippen LogP contribution in [0.1, 0.15) is 34.3 Å². The Morgan fingerprint density at radius 2 is 1.88 bits per heavy atom. The number of hydrogen-bond donors (Lipinski definition) is 0. The minimum atomic E-state index is -0.442. The number of benzene rings is 2. The molecule has 2 aromatic rings. The first-order valence-electron chi connectivity index (χ1n) is 8.42. The maximum absolute atomic E-state index is 13.1. The summed E-state index contributed by atoms with van der Waals surface area (Å²) in [5, 5.41) is 0.152. The Hall–Kier alpha value is -2.07. The molecule has 0 radical (unpaired) electrons. The molecule has 1 amide bonds. The summed E-state index contributed by atoms with van der Waals surface area (Å²) >= 11 is 6.00. The van der Waals surface area contributed by atoms with Crippen molar-refractivity contribution >= 4 is 17.5 Å². The highest BCUT2D eigenvalue weighted by Crippen LogP contribution is 2.25. The molecule has 0 aromatic heterocycles. The van der Waals surface area contributed by atoms with E-state index in [1.807, 2.05) is 19.9 Å². The van der Waals surface area contributed by atoms with Crippen molar-refractivity contribution in [2.75, 3.05) is 13.1 Å². The van der Waals surface area contributed by atoms with E-state index < -0.39 is 5.82 Å². The van der Waals surface area contributed by atoms with Crippen LogP contribution in [0.15, 0.2) is 36.4 Å². The number of amides is 1. The number of piperidine rings is 1. The summed E-state index contributed by atoms with van der Waals surface area (Å²) in [6.07, 6.45) is 1.61. The number of carbonyl (C=O) groups is 1. The van der Waals surface area contributed by atoms with Gasteiger partial charge in [-0.1, -0.05) is 23.7 Å². The average Bonchev–Trinajstić information content (AvgIpc) is 2.58. The maximum atomic E-state index is 13.1. The standard InChI is InChI=1S/C20H21ClFNO2/c1-13-3-4-14(2)19(11-13)25-16-7-9-23(10-8-16)20(24)17-6-5-15(22)12-18(17)21/h3-6,11-12,16H,7-10H2,1-2H3. The average molecular weight is 362 g/mol. The minimum Gasteiger partial charge on any atom is -0.490 e. The van der Waals surface area contributed by atoms with Gasteiger partial charge >= 0.3 is 0 Å². The van der Waals surface area contributed by atoms with Gasteiger partial charge < -0.3 is 9.64 Å². The first-order valence-corrected chi connectivity index (χ1v) is 8.80. The van der Waals surface area contributed by atoms with Crippen LogP contribution in [0.2, 0.25) is 5.02 Å². The SMILES string of the molecule is Cc1ccc(C)c(OC2CCN(C(=O)c3ccc(F)cc3Cl)CC2)c1. The number of aryl methyl sites for hydroxylation is 2. The van der Waals surface area contributed by atoms with Gasteiger partial charge in [0.2, 0.25) is 0 Å². The van der Waals surface area contributed by atoms with Crippen LogP contribution in [0.4, 0.5) is 4.39 Å². The van der Waals surface area contributed by atoms with E-state index in [1.54, 1.807) is 4.90 Å². The molecule has 25 heavy (non-hydrogen) atoms. The number of hydrogen-bond acceptors (Lipinski definition) is 2. The normalized spacial score (nSPS) is 15.3. The summed E-state index contributed by atoms with van der Waals surface area (Å²) in [4.78, 5) is 14.3. The van der Waals surface area contributed by atoms with Gasteiger partial charge in [-0.05, 0) is 49.2 Å². The van der Waals surface area contributed by atoms with Crippen LogP contribution in [0.3, 0.4) is 0 Å². The Morgan fingerprint density at radius 3 is 2.56 bits per heavy atom. The molecular formula is C20H21ClFNO2. The summed E-state index contributed by atoms with van der Waals surface area (Å²) < 4.78 is 19.3. The van der Waals surface area contributed by atoms with Crippen LogP contribution in [-0.2, 0) is 0 Å². The molecule has 1 saturated heterocycles. The van der Waals surface area contributed by atoms with Gasteiger partial charge in [0, 0.05) is 25.9 Å². The predicted octanol–water partition coefficient (Wildman–Crippen LogP) is 4.78. The topological polar surface area (TPSA) is 29.5 Å². The molecule has 1 aliphatic rings. The van der Waals surface area contributed by atoms with E-state index in [1.165, 1.54) is 23.8 Å². The van der Waals surface area contributed by atoms with Gasteiger partial charge in [-0.15, -0.1) is 0 Å². The van der Waals surface area contributed by atoms with E-state index in [0.717, 1.165) is 24.2 Å². The summed E-state index contributed by atoms with van der Waals surface area (Å²) in [5.41, 5.74) is 2.62. The van der Waals surface area contributed by atoms with Crippen LogP contribution in [0, 0.1) is 19.7 Å². The lowest BCUT2D eigenvalue weighted by molar-refractivity contribution is 0.0594. The highest BCUT2D eigenvalue weighted by Gasteiger charge is 2.26. The molecule has 0 saturated carbocycles. The zero-order valence-electron chi connectivity index (χ0n) is 14.4. The molecule has 3 rings (SSSR count). The third-order valence-corrected chi connectivity index (χ3v) is 4.84. The molecule has 0 atom stereocenters. The van der Waals surface area contributed by atoms with Gasteiger partial charge in [-0.2, -0.15) is 0 Å². The summed E-state index contributed by atoms with van der Waals surface area (Å²) in [6.45, 7) is 5.27. The number of rotatable bonds is 3. The minimum absolute atomic E-state index is 0.0910. The smallest absolute Gasteiger partial charge is 0.255 e. The zero-order chi connectivity index (χ0) is 18.0. The lowest BCUT2D eigenvalue weighted by Crippen LogP contribution is -2.42. The quantitative estimate of drug-likeness (QED) is 0.787. The zero-order valence-corrected chi connectivity index (χ0v) is 15.1. The molecule has 1 aliphatic heterocycles. The number of nitrogens with zero attached hydrogens (tertiary/aromatic N) is 1. The van der Waals surface area contributed by atoms with Crippen LogP contribution in [0.25, 0.3) is 0 Å². The second-order valence-corrected chi connectivity index (χ2v) is 6.91. The lowest BCUT2D eigenvalue weighted by atomic mass is 10.1. The molecule has 1 heterocycles. The van der Waals surface area contributed by atoms with Gasteiger partial charge in [0.1, 0.15) is 17.7 Å². The van der Waals surface area contributed by atoms with Crippen molar-refractivity contribution < 1.29 is 13.9 Å². The van der Waals surface area contributed by atoms with E-state index in [2.05, 4.69) is 12.1 Å². The van der Waals surface area contributed by atoms with Gasteiger partial charge in [0.05, 0.1) is 10.6 Å². The van der Waals surface area contributed by atoms with Crippen molar-refractivity contribution in [1.82, 2.24) is 4.90 Å².